The van der Waals surface area contributed by atoms with Crippen LogP contribution in [0, 0.1) is 0 Å². The molecule has 1 saturated heterocycles. The highest BCUT2D eigenvalue weighted by molar-refractivity contribution is 7.11. The average molecular weight is 242 g/mol. The first-order valence-electron chi connectivity index (χ1n) is 5.07. The summed E-state index contributed by atoms with van der Waals surface area (Å²) in [6.45, 7) is 1.29. The van der Waals surface area contributed by atoms with Crippen LogP contribution >= 0.6 is 11.5 Å². The molecule has 5 N–H and O–H groups in total. The lowest BCUT2D eigenvalue weighted by molar-refractivity contribution is 0.100. The van der Waals surface area contributed by atoms with Gasteiger partial charge in [0.15, 0.2) is 5.82 Å². The summed E-state index contributed by atoms with van der Waals surface area (Å²) in [7, 11) is 0. The summed E-state index contributed by atoms with van der Waals surface area (Å²) < 4.78 is 3.93. The number of nitrogens with zero attached hydrogens (tertiary/aromatic N) is 2. The molecule has 1 fully saturated rings. The number of anilines is 2. The lowest BCUT2D eigenvalue weighted by Crippen LogP contribution is -2.38. The number of piperidine rings is 1. The van der Waals surface area contributed by atoms with Crippen LogP contribution in [0.25, 0.3) is 0 Å². The number of primary amides is 1. The molecule has 0 aromatic carbocycles. The van der Waals surface area contributed by atoms with E-state index in [1.807, 2.05) is 4.90 Å². The Morgan fingerprint density at radius 3 is 3.00 bits per heavy atom. The fourth-order valence-electron chi connectivity index (χ4n) is 1.88. The molecule has 0 saturated carbocycles. The highest BCUT2D eigenvalue weighted by Crippen LogP contribution is 2.31. The Kier molecular flexibility index (Phi) is 2.97. The van der Waals surface area contributed by atoms with Crippen LogP contribution < -0.4 is 16.4 Å². The first-order valence-corrected chi connectivity index (χ1v) is 5.85. The number of aromatic nitrogens is 1. The average Bonchev–Trinajstić information content (AvgIpc) is 2.60. The second-order valence-corrected chi connectivity index (χ2v) is 4.61. The largest absolute Gasteiger partial charge is 0.391 e. The molecule has 0 aliphatic carbocycles. The highest BCUT2D eigenvalue weighted by Gasteiger charge is 2.25. The van der Waals surface area contributed by atoms with Gasteiger partial charge in [-0.25, -0.2) is 0 Å². The van der Waals surface area contributed by atoms with E-state index in [0.29, 0.717) is 11.5 Å². The number of hydrogen-bond acceptors (Lipinski definition) is 6. The molecule has 1 aliphatic heterocycles. The molecule has 0 bridgehead atoms. The molecule has 1 amide bonds. The number of nitrogens with two attached hydrogens (primary N) is 2. The third-order valence-corrected chi connectivity index (χ3v) is 3.55. The van der Waals surface area contributed by atoms with E-state index in [0.717, 1.165) is 30.9 Å². The van der Waals surface area contributed by atoms with Gasteiger partial charge in [0.05, 0.1) is 6.10 Å². The van der Waals surface area contributed by atoms with Crippen LogP contribution in [0.5, 0.6) is 0 Å². The minimum Gasteiger partial charge on any atom is -0.391 e. The maximum absolute atomic E-state index is 11.2. The van der Waals surface area contributed by atoms with Crippen LogP contribution in [0.3, 0.4) is 0 Å². The van der Waals surface area contributed by atoms with E-state index < -0.39 is 5.91 Å². The van der Waals surface area contributed by atoms with E-state index in [4.69, 9.17) is 11.5 Å². The van der Waals surface area contributed by atoms with Crippen LogP contribution in [0.4, 0.5) is 10.8 Å². The number of rotatable bonds is 2. The van der Waals surface area contributed by atoms with Gasteiger partial charge in [-0.1, -0.05) is 0 Å². The zero-order valence-corrected chi connectivity index (χ0v) is 9.54. The summed E-state index contributed by atoms with van der Waals surface area (Å²) in [5, 5.41) is 10.2. The van der Waals surface area contributed by atoms with E-state index in [9.17, 15) is 9.90 Å². The van der Waals surface area contributed by atoms with E-state index in [1.165, 1.54) is 0 Å². The summed E-state index contributed by atoms with van der Waals surface area (Å²) >= 11 is 1.15. The Hall–Kier alpha value is -1.34. The van der Waals surface area contributed by atoms with Crippen molar-refractivity contribution < 1.29 is 9.90 Å². The van der Waals surface area contributed by atoms with Gasteiger partial charge in [0.25, 0.3) is 5.91 Å². The molecular formula is C9H14N4O2S. The molecular weight excluding hydrogens is 228 g/mol. The number of amides is 1. The number of aliphatic hydroxyl groups excluding tert-OH is 1. The fraction of sp³-hybridized carbons (Fsp3) is 0.556. The maximum atomic E-state index is 11.2. The summed E-state index contributed by atoms with van der Waals surface area (Å²) in [4.78, 5) is 13.2. The molecule has 1 aromatic rings. The van der Waals surface area contributed by atoms with Crippen LogP contribution in [0.1, 0.15) is 23.2 Å². The van der Waals surface area contributed by atoms with Gasteiger partial charge in [-0.05, 0) is 24.4 Å². The van der Waals surface area contributed by atoms with Crippen molar-refractivity contribution in [3.05, 3.63) is 5.56 Å². The van der Waals surface area contributed by atoms with Gasteiger partial charge in [-0.2, -0.15) is 4.37 Å². The van der Waals surface area contributed by atoms with Gasteiger partial charge in [0.1, 0.15) is 10.6 Å². The fourth-order valence-corrected chi connectivity index (χ4v) is 2.73. The van der Waals surface area contributed by atoms with Gasteiger partial charge < -0.3 is 21.5 Å². The summed E-state index contributed by atoms with van der Waals surface area (Å²) in [6, 6.07) is 0. The highest BCUT2D eigenvalue weighted by atomic mass is 32.1. The minimum atomic E-state index is -0.568. The minimum absolute atomic E-state index is 0.174. The smallest absolute Gasteiger partial charge is 0.255 e. The molecule has 16 heavy (non-hydrogen) atoms. The van der Waals surface area contributed by atoms with Crippen molar-refractivity contribution in [1.82, 2.24) is 4.37 Å². The molecule has 1 aliphatic rings. The SMILES string of the molecule is NC(=O)c1c(N)nsc1N1CCCC(O)C1. The van der Waals surface area contributed by atoms with Crippen molar-refractivity contribution in [1.29, 1.82) is 0 Å². The second-order valence-electron chi connectivity index (χ2n) is 3.85. The number of carbonyl (C=O) groups excluding carboxylic acids is 1. The van der Waals surface area contributed by atoms with Gasteiger partial charge in [0.2, 0.25) is 0 Å². The molecule has 0 radical (unpaired) electrons. The van der Waals surface area contributed by atoms with E-state index in [-0.39, 0.29) is 17.5 Å². The third kappa shape index (κ3) is 1.96. The number of hydrogen-bond donors (Lipinski definition) is 3. The Bertz CT molecular complexity index is 406. The monoisotopic (exact) mass is 242 g/mol. The molecule has 0 spiro atoms. The summed E-state index contributed by atoms with van der Waals surface area (Å²) in [5.41, 5.74) is 11.1. The first kappa shape index (κ1) is 11.2. The van der Waals surface area contributed by atoms with Gasteiger partial charge in [-0.3, -0.25) is 4.79 Å². The first-order chi connectivity index (χ1) is 7.59. The van der Waals surface area contributed by atoms with E-state index >= 15 is 0 Å². The Labute approximate surface area is 97.0 Å². The zero-order chi connectivity index (χ0) is 11.7. The maximum Gasteiger partial charge on any atom is 0.255 e. The van der Waals surface area contributed by atoms with Gasteiger partial charge in [0, 0.05) is 13.1 Å². The van der Waals surface area contributed by atoms with E-state index in [1.54, 1.807) is 0 Å². The third-order valence-electron chi connectivity index (χ3n) is 2.63. The molecule has 7 heteroatoms. The molecule has 2 rings (SSSR count). The number of carbonyl (C=O) groups is 1. The molecule has 2 heterocycles. The standard InChI is InChI=1S/C9H14N4O2S/c10-7-6(8(11)15)9(16-12-7)13-3-1-2-5(14)4-13/h5,14H,1-4H2,(H2,10,12)(H2,11,15). The Morgan fingerprint density at radius 1 is 1.62 bits per heavy atom. The Balaban J connectivity index is 2.29. The quantitative estimate of drug-likeness (QED) is 0.665. The van der Waals surface area contributed by atoms with Crippen LogP contribution in [-0.4, -0.2) is 34.6 Å². The lowest BCUT2D eigenvalue weighted by Gasteiger charge is -2.30. The molecule has 1 unspecified atom stereocenters. The van der Waals surface area contributed by atoms with Crippen molar-refractivity contribution in [2.75, 3.05) is 23.7 Å². The lowest BCUT2D eigenvalue weighted by atomic mass is 10.1. The van der Waals surface area contributed by atoms with Crippen molar-refractivity contribution in [3.8, 4) is 0 Å². The number of nitrogen functional groups attached to an aromatic ring is 1. The topological polar surface area (TPSA) is 105 Å². The van der Waals surface area contributed by atoms with Crippen LogP contribution in [-0.2, 0) is 0 Å². The molecule has 88 valence electrons. The Morgan fingerprint density at radius 2 is 2.38 bits per heavy atom. The zero-order valence-electron chi connectivity index (χ0n) is 8.72. The van der Waals surface area contributed by atoms with Crippen molar-refractivity contribution in [2.45, 2.75) is 18.9 Å². The summed E-state index contributed by atoms with van der Waals surface area (Å²) in [5.74, 6) is -0.395. The van der Waals surface area contributed by atoms with Crippen molar-refractivity contribution in [2.24, 2.45) is 5.73 Å². The second kappa shape index (κ2) is 4.26. The summed E-state index contributed by atoms with van der Waals surface area (Å²) in [6.07, 6.45) is 1.31. The van der Waals surface area contributed by atoms with Crippen LogP contribution in [0.15, 0.2) is 0 Å². The predicted octanol–water partition coefficient (Wildman–Crippen LogP) is -0.215. The van der Waals surface area contributed by atoms with Gasteiger partial charge >= 0.3 is 0 Å². The van der Waals surface area contributed by atoms with Crippen molar-refractivity contribution in [3.63, 3.8) is 0 Å². The molecule has 1 atom stereocenters. The number of β-amino-alcohol motifs (C(OH)–C–C–N with tert-alkyl or cyclic N) is 1. The van der Waals surface area contributed by atoms with Gasteiger partial charge in [-0.15, -0.1) is 0 Å². The molecule has 1 aromatic heterocycles. The predicted molar refractivity (Wildman–Crippen MR) is 62.5 cm³/mol. The number of aliphatic hydroxyl groups is 1. The van der Waals surface area contributed by atoms with E-state index in [2.05, 4.69) is 4.37 Å². The molecule has 6 nitrogen and oxygen atoms in total. The van der Waals surface area contributed by atoms with Crippen molar-refractivity contribution >= 4 is 28.3 Å². The van der Waals surface area contributed by atoms with Crippen LogP contribution in [0.2, 0.25) is 0 Å². The normalized spacial score (nSPS) is 21.1.